The maximum Gasteiger partial charge on any atom is 0.334 e. The van der Waals surface area contributed by atoms with Gasteiger partial charge in [-0.25, -0.2) is 4.79 Å². The van der Waals surface area contributed by atoms with Crippen LogP contribution in [0.4, 0.5) is 0 Å². The lowest BCUT2D eigenvalue weighted by Gasteiger charge is -2.09. The summed E-state index contributed by atoms with van der Waals surface area (Å²) in [5, 5.41) is 9.54. The second-order valence-corrected chi connectivity index (χ2v) is 4.95. The maximum atomic E-state index is 11.3. The number of ether oxygens (including phenoxy) is 1. The molecule has 3 nitrogen and oxygen atoms in total. The van der Waals surface area contributed by atoms with E-state index in [0.29, 0.717) is 13.0 Å². The molecule has 0 saturated carbocycles. The minimum absolute atomic E-state index is 0.410. The van der Waals surface area contributed by atoms with E-state index < -0.39 is 12.1 Å². The van der Waals surface area contributed by atoms with E-state index in [2.05, 4.69) is 6.92 Å². The first-order chi connectivity index (χ1) is 8.72. The van der Waals surface area contributed by atoms with Crippen LogP contribution >= 0.6 is 0 Å². The number of rotatable bonds is 12. The van der Waals surface area contributed by atoms with Gasteiger partial charge < -0.3 is 9.84 Å². The van der Waals surface area contributed by atoms with Crippen LogP contribution < -0.4 is 0 Å². The van der Waals surface area contributed by atoms with Crippen molar-refractivity contribution in [3.8, 4) is 0 Å². The Balaban J connectivity index is 3.29. The molecular weight excluding hydrogens is 228 g/mol. The summed E-state index contributed by atoms with van der Waals surface area (Å²) in [4.78, 5) is 11.3. The van der Waals surface area contributed by atoms with Gasteiger partial charge in [0, 0.05) is 0 Å². The first-order valence-electron chi connectivity index (χ1n) is 7.57. The first kappa shape index (κ1) is 17.4. The molecule has 0 aromatic heterocycles. The molecule has 0 aliphatic heterocycles. The smallest absolute Gasteiger partial charge is 0.334 e. The van der Waals surface area contributed by atoms with Crippen molar-refractivity contribution in [1.29, 1.82) is 0 Å². The van der Waals surface area contributed by atoms with Gasteiger partial charge in [-0.2, -0.15) is 0 Å². The Bertz CT molecular complexity index is 192. The highest BCUT2D eigenvalue weighted by atomic mass is 16.5. The standard InChI is InChI=1S/C15H30O3/c1-3-5-6-7-8-9-10-11-12-14(16)15(17)18-13-4-2/h14,16H,3-13H2,1-2H3. The molecule has 3 heteroatoms. The van der Waals surface area contributed by atoms with E-state index in [1.54, 1.807) is 0 Å². The minimum Gasteiger partial charge on any atom is -0.464 e. The van der Waals surface area contributed by atoms with Gasteiger partial charge in [-0.1, -0.05) is 65.2 Å². The van der Waals surface area contributed by atoms with Crippen molar-refractivity contribution < 1.29 is 14.6 Å². The average Bonchev–Trinajstić information content (AvgIpc) is 2.38. The normalized spacial score (nSPS) is 12.4. The molecule has 108 valence electrons. The summed E-state index contributed by atoms with van der Waals surface area (Å²) in [7, 11) is 0. The molecule has 0 spiro atoms. The third-order valence-electron chi connectivity index (χ3n) is 3.05. The van der Waals surface area contributed by atoms with E-state index in [-0.39, 0.29) is 0 Å². The average molecular weight is 258 g/mol. The Morgan fingerprint density at radius 2 is 1.50 bits per heavy atom. The Morgan fingerprint density at radius 1 is 0.944 bits per heavy atom. The van der Waals surface area contributed by atoms with Crippen LogP contribution in [0.1, 0.15) is 78.1 Å². The summed E-state index contributed by atoms with van der Waals surface area (Å²) >= 11 is 0. The molecule has 1 atom stereocenters. The Morgan fingerprint density at radius 3 is 2.06 bits per heavy atom. The van der Waals surface area contributed by atoms with Crippen molar-refractivity contribution in [1.82, 2.24) is 0 Å². The summed E-state index contributed by atoms with van der Waals surface area (Å²) in [6.07, 6.45) is 10.2. The van der Waals surface area contributed by atoms with Gasteiger partial charge in [0.15, 0.2) is 6.10 Å². The van der Waals surface area contributed by atoms with E-state index >= 15 is 0 Å². The Hall–Kier alpha value is -0.570. The largest absolute Gasteiger partial charge is 0.464 e. The van der Waals surface area contributed by atoms with Crippen molar-refractivity contribution in [2.24, 2.45) is 0 Å². The minimum atomic E-state index is -0.920. The van der Waals surface area contributed by atoms with Crippen molar-refractivity contribution in [3.63, 3.8) is 0 Å². The fraction of sp³-hybridized carbons (Fsp3) is 0.933. The molecule has 0 fully saturated rings. The highest BCUT2D eigenvalue weighted by Crippen LogP contribution is 2.11. The highest BCUT2D eigenvalue weighted by Gasteiger charge is 2.15. The molecule has 0 amide bonds. The SMILES string of the molecule is CCCCCCCCCCC(O)C(=O)OCCC. The van der Waals surface area contributed by atoms with Gasteiger partial charge >= 0.3 is 5.97 Å². The van der Waals surface area contributed by atoms with Crippen LogP contribution in [0.25, 0.3) is 0 Å². The molecule has 0 rings (SSSR count). The lowest BCUT2D eigenvalue weighted by molar-refractivity contribution is -0.153. The van der Waals surface area contributed by atoms with Gasteiger partial charge in [0.1, 0.15) is 0 Å². The summed E-state index contributed by atoms with van der Waals surface area (Å²) in [6.45, 7) is 4.57. The van der Waals surface area contributed by atoms with Crippen molar-refractivity contribution in [2.45, 2.75) is 84.2 Å². The third kappa shape index (κ3) is 10.6. The predicted octanol–water partition coefficient (Wildman–Crippen LogP) is 3.83. The maximum absolute atomic E-state index is 11.3. The fourth-order valence-electron chi connectivity index (χ4n) is 1.89. The van der Waals surface area contributed by atoms with Gasteiger partial charge in [0.25, 0.3) is 0 Å². The monoisotopic (exact) mass is 258 g/mol. The van der Waals surface area contributed by atoms with Crippen LogP contribution in [0.5, 0.6) is 0 Å². The van der Waals surface area contributed by atoms with Gasteiger partial charge in [0.05, 0.1) is 6.61 Å². The quantitative estimate of drug-likeness (QED) is 0.427. The van der Waals surface area contributed by atoms with Gasteiger partial charge in [-0.05, 0) is 12.8 Å². The van der Waals surface area contributed by atoms with Crippen molar-refractivity contribution >= 4 is 5.97 Å². The molecule has 0 bridgehead atoms. The number of unbranched alkanes of at least 4 members (excludes halogenated alkanes) is 7. The molecule has 0 aromatic carbocycles. The Kier molecular flexibility index (Phi) is 12.5. The number of aliphatic hydroxyl groups is 1. The van der Waals surface area contributed by atoms with E-state index in [0.717, 1.165) is 19.3 Å². The fourth-order valence-corrected chi connectivity index (χ4v) is 1.89. The lowest BCUT2D eigenvalue weighted by atomic mass is 10.1. The van der Waals surface area contributed by atoms with E-state index in [1.165, 1.54) is 38.5 Å². The third-order valence-corrected chi connectivity index (χ3v) is 3.05. The van der Waals surface area contributed by atoms with Crippen molar-refractivity contribution in [3.05, 3.63) is 0 Å². The zero-order valence-corrected chi connectivity index (χ0v) is 12.1. The molecule has 18 heavy (non-hydrogen) atoms. The molecule has 1 N–H and O–H groups in total. The highest BCUT2D eigenvalue weighted by molar-refractivity contribution is 5.74. The zero-order chi connectivity index (χ0) is 13.6. The molecule has 1 unspecified atom stereocenters. The summed E-state index contributed by atoms with van der Waals surface area (Å²) in [6, 6.07) is 0. The topological polar surface area (TPSA) is 46.5 Å². The van der Waals surface area contributed by atoms with E-state index in [1.807, 2.05) is 6.92 Å². The van der Waals surface area contributed by atoms with Crippen LogP contribution in [-0.4, -0.2) is 23.8 Å². The molecule has 0 saturated heterocycles. The number of hydrogen-bond acceptors (Lipinski definition) is 3. The molecule has 0 aliphatic carbocycles. The van der Waals surface area contributed by atoms with Crippen LogP contribution in [0.3, 0.4) is 0 Å². The van der Waals surface area contributed by atoms with Crippen LogP contribution in [0, 0.1) is 0 Å². The second-order valence-electron chi connectivity index (χ2n) is 4.95. The number of hydrogen-bond donors (Lipinski definition) is 1. The van der Waals surface area contributed by atoms with Crippen LogP contribution in [0.2, 0.25) is 0 Å². The number of aliphatic hydroxyl groups excluding tert-OH is 1. The molecule has 0 aliphatic rings. The van der Waals surface area contributed by atoms with Gasteiger partial charge in [0.2, 0.25) is 0 Å². The van der Waals surface area contributed by atoms with Crippen molar-refractivity contribution in [2.75, 3.05) is 6.61 Å². The molecule has 0 aromatic rings. The van der Waals surface area contributed by atoms with Gasteiger partial charge in [-0.15, -0.1) is 0 Å². The van der Waals surface area contributed by atoms with E-state index in [4.69, 9.17) is 4.74 Å². The zero-order valence-electron chi connectivity index (χ0n) is 12.1. The Labute approximate surface area is 112 Å². The van der Waals surface area contributed by atoms with Gasteiger partial charge in [-0.3, -0.25) is 0 Å². The lowest BCUT2D eigenvalue weighted by Crippen LogP contribution is -2.23. The summed E-state index contributed by atoms with van der Waals surface area (Å²) in [5.41, 5.74) is 0. The van der Waals surface area contributed by atoms with Crippen LogP contribution in [0.15, 0.2) is 0 Å². The number of carbonyl (C=O) groups excluding carboxylic acids is 1. The molecular formula is C15H30O3. The second kappa shape index (κ2) is 12.9. The molecule has 0 radical (unpaired) electrons. The molecule has 0 heterocycles. The summed E-state index contributed by atoms with van der Waals surface area (Å²) < 4.78 is 4.89. The number of carbonyl (C=O) groups is 1. The van der Waals surface area contributed by atoms with Crippen LogP contribution in [-0.2, 0) is 9.53 Å². The van der Waals surface area contributed by atoms with E-state index in [9.17, 15) is 9.90 Å². The summed E-state index contributed by atoms with van der Waals surface area (Å²) in [5.74, 6) is -0.459. The first-order valence-corrected chi connectivity index (χ1v) is 7.57. The number of esters is 1. The predicted molar refractivity (Wildman–Crippen MR) is 74.5 cm³/mol.